The van der Waals surface area contributed by atoms with E-state index in [1.54, 1.807) is 0 Å². The van der Waals surface area contributed by atoms with Crippen LogP contribution in [0.5, 0.6) is 0 Å². The lowest BCUT2D eigenvalue weighted by molar-refractivity contribution is 0.937. The summed E-state index contributed by atoms with van der Waals surface area (Å²) >= 11 is 1.34. The molecule has 1 heterocycles. The van der Waals surface area contributed by atoms with Gasteiger partial charge in [-0.1, -0.05) is 41.6 Å². The molecule has 1 aromatic heterocycles. The lowest BCUT2D eigenvalue weighted by atomic mass is 10.1. The van der Waals surface area contributed by atoms with Crippen LogP contribution in [-0.4, -0.2) is 16.2 Å². The standard InChI is InChI=1S/C13H11N3OS/c1-8-3-5-9(6-4-8)11-10(7-14)12(17)16-13(15-11)18-2/h3-6H,1-2H3,(H,15,16,17). The van der Waals surface area contributed by atoms with Crippen LogP contribution in [-0.2, 0) is 0 Å². The van der Waals surface area contributed by atoms with Crippen molar-refractivity contribution in [3.05, 3.63) is 45.7 Å². The summed E-state index contributed by atoms with van der Waals surface area (Å²) in [5.41, 5.74) is 1.99. The molecule has 0 saturated heterocycles. The summed E-state index contributed by atoms with van der Waals surface area (Å²) in [6.07, 6.45) is 1.82. The number of aromatic nitrogens is 2. The number of nitrogens with zero attached hydrogens (tertiary/aromatic N) is 2. The number of aromatic amines is 1. The van der Waals surface area contributed by atoms with Gasteiger partial charge in [-0.25, -0.2) is 4.98 Å². The number of rotatable bonds is 2. The van der Waals surface area contributed by atoms with Crippen molar-refractivity contribution in [1.29, 1.82) is 5.26 Å². The lowest BCUT2D eigenvalue weighted by Gasteiger charge is -2.05. The molecule has 0 radical (unpaired) electrons. The van der Waals surface area contributed by atoms with Crippen LogP contribution in [0.3, 0.4) is 0 Å². The van der Waals surface area contributed by atoms with Crippen molar-refractivity contribution in [3.8, 4) is 17.3 Å². The third-order valence-electron chi connectivity index (χ3n) is 2.53. The maximum Gasteiger partial charge on any atom is 0.270 e. The maximum atomic E-state index is 11.8. The van der Waals surface area contributed by atoms with Crippen LogP contribution in [0, 0.1) is 18.3 Å². The molecule has 1 aromatic carbocycles. The van der Waals surface area contributed by atoms with Crippen molar-refractivity contribution in [2.24, 2.45) is 0 Å². The molecular weight excluding hydrogens is 246 g/mol. The van der Waals surface area contributed by atoms with E-state index in [9.17, 15) is 4.79 Å². The Bertz CT molecular complexity index is 668. The predicted octanol–water partition coefficient (Wildman–Crippen LogP) is 2.34. The quantitative estimate of drug-likeness (QED) is 0.662. The summed E-state index contributed by atoms with van der Waals surface area (Å²) in [7, 11) is 0. The van der Waals surface area contributed by atoms with Crippen LogP contribution in [0.15, 0.2) is 34.2 Å². The molecule has 2 aromatic rings. The Kier molecular flexibility index (Phi) is 3.49. The first-order valence-electron chi connectivity index (χ1n) is 5.31. The van der Waals surface area contributed by atoms with Gasteiger partial charge in [0.1, 0.15) is 11.6 Å². The molecule has 1 N–H and O–H groups in total. The van der Waals surface area contributed by atoms with Gasteiger partial charge in [0.15, 0.2) is 5.16 Å². The zero-order valence-corrected chi connectivity index (χ0v) is 10.8. The van der Waals surface area contributed by atoms with Crippen molar-refractivity contribution in [1.82, 2.24) is 9.97 Å². The highest BCUT2D eigenvalue weighted by atomic mass is 32.2. The summed E-state index contributed by atoms with van der Waals surface area (Å²) in [4.78, 5) is 18.6. The minimum atomic E-state index is -0.396. The number of nitrogens with one attached hydrogen (secondary N) is 1. The van der Waals surface area contributed by atoms with Gasteiger partial charge in [-0.05, 0) is 13.2 Å². The van der Waals surface area contributed by atoms with Crippen LogP contribution in [0.2, 0.25) is 0 Å². The van der Waals surface area contributed by atoms with Gasteiger partial charge in [-0.3, -0.25) is 4.79 Å². The van der Waals surface area contributed by atoms with Crippen molar-refractivity contribution >= 4 is 11.8 Å². The highest BCUT2D eigenvalue weighted by molar-refractivity contribution is 7.98. The number of aryl methyl sites for hydroxylation is 1. The molecular formula is C13H11N3OS. The van der Waals surface area contributed by atoms with Crippen LogP contribution in [0.4, 0.5) is 0 Å². The highest BCUT2D eigenvalue weighted by Gasteiger charge is 2.12. The summed E-state index contributed by atoms with van der Waals surface area (Å²) in [6.45, 7) is 1.98. The fraction of sp³-hybridized carbons (Fsp3) is 0.154. The zero-order chi connectivity index (χ0) is 13.1. The highest BCUT2D eigenvalue weighted by Crippen LogP contribution is 2.21. The van der Waals surface area contributed by atoms with Gasteiger partial charge in [0.2, 0.25) is 0 Å². The molecule has 0 aliphatic rings. The molecule has 0 bridgehead atoms. The molecule has 0 aliphatic carbocycles. The van der Waals surface area contributed by atoms with Crippen LogP contribution in [0.25, 0.3) is 11.3 Å². The SMILES string of the molecule is CSc1nc(-c2ccc(C)cc2)c(C#N)c(=O)[nH]1. The normalized spacial score (nSPS) is 10.1. The fourth-order valence-corrected chi connectivity index (χ4v) is 1.95. The predicted molar refractivity (Wildman–Crippen MR) is 71.5 cm³/mol. The summed E-state index contributed by atoms with van der Waals surface area (Å²) in [5, 5.41) is 9.57. The molecule has 0 saturated carbocycles. The second-order valence-electron chi connectivity index (χ2n) is 3.78. The van der Waals surface area contributed by atoms with Gasteiger partial charge in [0, 0.05) is 5.56 Å². The number of hydrogen-bond donors (Lipinski definition) is 1. The van der Waals surface area contributed by atoms with E-state index in [0.29, 0.717) is 10.9 Å². The maximum absolute atomic E-state index is 11.8. The molecule has 0 unspecified atom stereocenters. The largest absolute Gasteiger partial charge is 0.300 e. The van der Waals surface area contributed by atoms with Gasteiger partial charge in [-0.2, -0.15) is 5.26 Å². The third-order valence-corrected chi connectivity index (χ3v) is 3.11. The first-order valence-corrected chi connectivity index (χ1v) is 6.53. The monoisotopic (exact) mass is 257 g/mol. The molecule has 18 heavy (non-hydrogen) atoms. The van der Waals surface area contributed by atoms with Crippen molar-refractivity contribution in [3.63, 3.8) is 0 Å². The van der Waals surface area contributed by atoms with E-state index in [0.717, 1.165) is 11.1 Å². The van der Waals surface area contributed by atoms with E-state index in [-0.39, 0.29) is 5.56 Å². The van der Waals surface area contributed by atoms with E-state index in [1.807, 2.05) is 43.5 Å². The topological polar surface area (TPSA) is 69.5 Å². The van der Waals surface area contributed by atoms with Crippen LogP contribution in [0.1, 0.15) is 11.1 Å². The minimum absolute atomic E-state index is 0.0525. The molecule has 0 fully saturated rings. The first-order chi connectivity index (χ1) is 8.65. The Morgan fingerprint density at radius 3 is 2.56 bits per heavy atom. The second kappa shape index (κ2) is 5.07. The van der Waals surface area contributed by atoms with Crippen molar-refractivity contribution < 1.29 is 0 Å². The molecule has 0 spiro atoms. The van der Waals surface area contributed by atoms with Crippen LogP contribution >= 0.6 is 11.8 Å². The van der Waals surface area contributed by atoms with E-state index in [1.165, 1.54) is 11.8 Å². The summed E-state index contributed by atoms with van der Waals surface area (Å²) in [6, 6.07) is 9.50. The molecule has 4 nitrogen and oxygen atoms in total. The Labute approximate surface area is 109 Å². The third kappa shape index (κ3) is 2.29. The number of benzene rings is 1. The van der Waals surface area contributed by atoms with Crippen molar-refractivity contribution in [2.45, 2.75) is 12.1 Å². The van der Waals surface area contributed by atoms with Gasteiger partial charge in [0.25, 0.3) is 5.56 Å². The van der Waals surface area contributed by atoms with Gasteiger partial charge in [-0.15, -0.1) is 0 Å². The Morgan fingerprint density at radius 1 is 1.33 bits per heavy atom. The number of H-pyrrole nitrogens is 1. The number of hydrogen-bond acceptors (Lipinski definition) is 4. The van der Waals surface area contributed by atoms with Gasteiger partial charge in [0.05, 0.1) is 5.69 Å². The van der Waals surface area contributed by atoms with Crippen molar-refractivity contribution in [2.75, 3.05) is 6.26 Å². The van der Waals surface area contributed by atoms with Crippen LogP contribution < -0.4 is 5.56 Å². The first kappa shape index (κ1) is 12.4. The van der Waals surface area contributed by atoms with Gasteiger partial charge >= 0.3 is 0 Å². The lowest BCUT2D eigenvalue weighted by Crippen LogP contribution is -2.14. The molecule has 0 amide bonds. The molecule has 0 atom stereocenters. The van der Waals surface area contributed by atoms with E-state index >= 15 is 0 Å². The smallest absolute Gasteiger partial charge is 0.270 e. The summed E-state index contributed by atoms with van der Waals surface area (Å²) < 4.78 is 0. The number of thioether (sulfide) groups is 1. The van der Waals surface area contributed by atoms with E-state index in [4.69, 9.17) is 5.26 Å². The molecule has 5 heteroatoms. The summed E-state index contributed by atoms with van der Waals surface area (Å²) in [5.74, 6) is 0. The zero-order valence-electron chi connectivity index (χ0n) is 10.0. The minimum Gasteiger partial charge on any atom is -0.300 e. The Hall–Kier alpha value is -2.06. The molecule has 90 valence electrons. The average Bonchev–Trinajstić information content (AvgIpc) is 2.38. The van der Waals surface area contributed by atoms with Gasteiger partial charge < -0.3 is 4.98 Å². The fourth-order valence-electron chi connectivity index (χ4n) is 1.57. The van der Waals surface area contributed by atoms with E-state index in [2.05, 4.69) is 9.97 Å². The number of nitriles is 1. The average molecular weight is 257 g/mol. The second-order valence-corrected chi connectivity index (χ2v) is 4.57. The molecule has 2 rings (SSSR count). The Morgan fingerprint density at radius 2 is 2.00 bits per heavy atom. The Balaban J connectivity index is 2.69. The molecule has 0 aliphatic heterocycles. The van der Waals surface area contributed by atoms with E-state index < -0.39 is 5.56 Å².